The average molecular weight is 444 g/mol. The van der Waals surface area contributed by atoms with E-state index in [2.05, 4.69) is 4.90 Å². The minimum absolute atomic E-state index is 0.0515. The van der Waals surface area contributed by atoms with Gasteiger partial charge in [-0.3, -0.25) is 4.90 Å². The van der Waals surface area contributed by atoms with E-state index in [0.717, 1.165) is 31.2 Å². The van der Waals surface area contributed by atoms with Crippen LogP contribution in [0.3, 0.4) is 0 Å². The van der Waals surface area contributed by atoms with Crippen LogP contribution < -0.4 is 5.73 Å². The molecule has 3 heterocycles. The largest absolute Gasteiger partial charge is 0.370 e. The van der Waals surface area contributed by atoms with Gasteiger partial charge in [-0.05, 0) is 49.4 Å². The van der Waals surface area contributed by atoms with E-state index in [9.17, 15) is 17.2 Å². The fraction of sp³-hybridized carbons (Fsp3) is 0.714. The van der Waals surface area contributed by atoms with E-state index in [4.69, 9.17) is 10.5 Å². The van der Waals surface area contributed by atoms with Crippen molar-refractivity contribution in [2.45, 2.75) is 50.9 Å². The standard InChI is InChI=1S/C21H31F2N3O3S/c1-13(2)12-30(27,28)25-9-14-5-6-26(20(14)10-25)16-8-19(24)21(29-11-16)17-7-15(22)3-4-18(17)23/h3-4,7,13-14,16,19-21H,5-6,8-12,24H2,1-2H3/t14?,16-,19+,20?,21-/m1/s1. The van der Waals surface area contributed by atoms with Gasteiger partial charge in [-0.25, -0.2) is 21.5 Å². The number of nitrogens with zero attached hydrogens (tertiary/aromatic N) is 2. The summed E-state index contributed by atoms with van der Waals surface area (Å²) in [6, 6.07) is 3.09. The van der Waals surface area contributed by atoms with Gasteiger partial charge in [-0.2, -0.15) is 0 Å². The minimum Gasteiger partial charge on any atom is -0.370 e. The Morgan fingerprint density at radius 2 is 2.03 bits per heavy atom. The summed E-state index contributed by atoms with van der Waals surface area (Å²) in [5, 5.41) is 0. The Morgan fingerprint density at radius 3 is 2.73 bits per heavy atom. The van der Waals surface area contributed by atoms with Crippen LogP contribution in [-0.4, -0.2) is 67.7 Å². The fourth-order valence-electron chi connectivity index (χ4n) is 5.29. The van der Waals surface area contributed by atoms with Crippen molar-refractivity contribution >= 4 is 10.0 Å². The molecule has 5 atom stereocenters. The summed E-state index contributed by atoms with van der Waals surface area (Å²) in [6.07, 6.45) is 0.871. The molecule has 3 saturated heterocycles. The highest BCUT2D eigenvalue weighted by Crippen LogP contribution is 2.38. The van der Waals surface area contributed by atoms with Crippen LogP contribution in [0.1, 0.15) is 38.4 Å². The van der Waals surface area contributed by atoms with Crippen molar-refractivity contribution in [1.82, 2.24) is 9.21 Å². The molecule has 30 heavy (non-hydrogen) atoms. The number of ether oxygens (including phenoxy) is 1. The van der Waals surface area contributed by atoms with Gasteiger partial charge in [0.05, 0.1) is 12.4 Å². The summed E-state index contributed by atoms with van der Waals surface area (Å²) < 4.78 is 60.7. The topological polar surface area (TPSA) is 75.9 Å². The smallest absolute Gasteiger partial charge is 0.214 e. The Kier molecular flexibility index (Phi) is 6.20. The van der Waals surface area contributed by atoms with E-state index in [-0.39, 0.29) is 29.3 Å². The quantitative estimate of drug-likeness (QED) is 0.755. The Labute approximate surface area is 177 Å². The zero-order chi connectivity index (χ0) is 21.6. The van der Waals surface area contributed by atoms with Crippen LogP contribution in [0.4, 0.5) is 8.78 Å². The van der Waals surface area contributed by atoms with Gasteiger partial charge in [0, 0.05) is 36.8 Å². The van der Waals surface area contributed by atoms with Crippen molar-refractivity contribution < 1.29 is 21.9 Å². The lowest BCUT2D eigenvalue weighted by molar-refractivity contribution is -0.0547. The first-order valence-electron chi connectivity index (χ1n) is 10.7. The van der Waals surface area contributed by atoms with Crippen molar-refractivity contribution in [1.29, 1.82) is 0 Å². The van der Waals surface area contributed by atoms with Gasteiger partial charge < -0.3 is 10.5 Å². The predicted octanol–water partition coefficient (Wildman–Crippen LogP) is 2.11. The Morgan fingerprint density at radius 1 is 1.27 bits per heavy atom. The lowest BCUT2D eigenvalue weighted by atomic mass is 9.92. The molecule has 1 aromatic rings. The van der Waals surface area contributed by atoms with Gasteiger partial charge in [-0.1, -0.05) is 13.8 Å². The molecule has 168 valence electrons. The Balaban J connectivity index is 1.42. The summed E-state index contributed by atoms with van der Waals surface area (Å²) in [4.78, 5) is 2.33. The van der Waals surface area contributed by atoms with Gasteiger partial charge in [0.1, 0.15) is 17.7 Å². The van der Waals surface area contributed by atoms with Crippen LogP contribution in [0.5, 0.6) is 0 Å². The van der Waals surface area contributed by atoms with Crippen LogP contribution in [0.15, 0.2) is 18.2 Å². The molecule has 0 radical (unpaired) electrons. The molecule has 0 amide bonds. The third kappa shape index (κ3) is 4.27. The van der Waals surface area contributed by atoms with Crippen molar-refractivity contribution in [2.75, 3.05) is 32.0 Å². The lowest BCUT2D eigenvalue weighted by Crippen LogP contribution is -2.52. The van der Waals surface area contributed by atoms with Crippen LogP contribution in [0.2, 0.25) is 0 Å². The number of rotatable bonds is 5. The second-order valence-electron chi connectivity index (χ2n) is 9.32. The monoisotopic (exact) mass is 443 g/mol. The molecule has 3 fully saturated rings. The zero-order valence-corrected chi connectivity index (χ0v) is 18.3. The fourth-order valence-corrected chi connectivity index (χ4v) is 7.14. The van der Waals surface area contributed by atoms with Crippen molar-refractivity contribution in [3.05, 3.63) is 35.4 Å². The molecule has 9 heteroatoms. The first-order chi connectivity index (χ1) is 14.2. The summed E-state index contributed by atoms with van der Waals surface area (Å²) in [7, 11) is -3.25. The maximum Gasteiger partial charge on any atom is 0.214 e. The number of sulfonamides is 1. The third-order valence-electron chi connectivity index (χ3n) is 6.63. The molecule has 2 unspecified atom stereocenters. The van der Waals surface area contributed by atoms with Gasteiger partial charge in [0.2, 0.25) is 10.0 Å². The summed E-state index contributed by atoms with van der Waals surface area (Å²) in [6.45, 7) is 6.17. The lowest BCUT2D eigenvalue weighted by Gasteiger charge is -2.41. The molecular weight excluding hydrogens is 412 g/mol. The van der Waals surface area contributed by atoms with E-state index in [1.807, 2.05) is 13.8 Å². The zero-order valence-electron chi connectivity index (χ0n) is 17.5. The molecule has 4 rings (SSSR count). The molecule has 1 aromatic carbocycles. The number of fused-ring (bicyclic) bond motifs is 1. The Hall–Kier alpha value is -1.13. The number of likely N-dealkylation sites (tertiary alicyclic amines) is 1. The highest BCUT2D eigenvalue weighted by Gasteiger charge is 2.48. The van der Waals surface area contributed by atoms with E-state index in [1.165, 1.54) is 0 Å². The molecule has 3 aliphatic heterocycles. The summed E-state index contributed by atoms with van der Waals surface area (Å²) in [5.74, 6) is -0.443. The second-order valence-corrected chi connectivity index (χ2v) is 11.3. The number of hydrogen-bond donors (Lipinski definition) is 1. The number of halogens is 2. The molecular formula is C21H31F2N3O3S. The maximum atomic E-state index is 14.2. The van der Waals surface area contributed by atoms with Gasteiger partial charge in [0.15, 0.2) is 0 Å². The molecule has 0 saturated carbocycles. The molecule has 0 aliphatic carbocycles. The summed E-state index contributed by atoms with van der Waals surface area (Å²) in [5.41, 5.74) is 6.49. The number of nitrogens with two attached hydrogens (primary N) is 1. The molecule has 0 spiro atoms. The predicted molar refractivity (Wildman–Crippen MR) is 110 cm³/mol. The molecule has 6 nitrogen and oxygen atoms in total. The van der Waals surface area contributed by atoms with Crippen molar-refractivity contribution in [3.8, 4) is 0 Å². The van der Waals surface area contributed by atoms with Crippen LogP contribution in [0.25, 0.3) is 0 Å². The van der Waals surface area contributed by atoms with Crippen LogP contribution in [-0.2, 0) is 14.8 Å². The van der Waals surface area contributed by atoms with E-state index in [1.54, 1.807) is 4.31 Å². The van der Waals surface area contributed by atoms with E-state index >= 15 is 0 Å². The van der Waals surface area contributed by atoms with Crippen molar-refractivity contribution in [3.63, 3.8) is 0 Å². The minimum atomic E-state index is -3.25. The van der Waals surface area contributed by atoms with Gasteiger partial charge >= 0.3 is 0 Å². The van der Waals surface area contributed by atoms with E-state index in [0.29, 0.717) is 32.0 Å². The van der Waals surface area contributed by atoms with Gasteiger partial charge in [-0.15, -0.1) is 0 Å². The first kappa shape index (κ1) is 22.1. The van der Waals surface area contributed by atoms with Crippen LogP contribution >= 0.6 is 0 Å². The first-order valence-corrected chi connectivity index (χ1v) is 12.3. The number of benzene rings is 1. The molecule has 0 aromatic heterocycles. The average Bonchev–Trinajstić information content (AvgIpc) is 3.24. The number of hydrogen-bond acceptors (Lipinski definition) is 5. The third-order valence-corrected chi connectivity index (χ3v) is 8.80. The SMILES string of the molecule is CC(C)CS(=O)(=O)N1CC2CCN([C@H]3CO[C@H](c4cc(F)ccc4F)[C@@H](N)C3)C2C1. The second kappa shape index (κ2) is 8.43. The Bertz CT molecular complexity index is 882. The van der Waals surface area contributed by atoms with Crippen molar-refractivity contribution in [2.24, 2.45) is 17.6 Å². The normalized spacial score (nSPS) is 33.3. The highest BCUT2D eigenvalue weighted by molar-refractivity contribution is 7.89. The summed E-state index contributed by atoms with van der Waals surface area (Å²) >= 11 is 0. The highest BCUT2D eigenvalue weighted by atomic mass is 32.2. The molecule has 0 bridgehead atoms. The van der Waals surface area contributed by atoms with Crippen LogP contribution in [0, 0.1) is 23.5 Å². The van der Waals surface area contributed by atoms with Gasteiger partial charge in [0.25, 0.3) is 0 Å². The van der Waals surface area contributed by atoms with E-state index < -0.39 is 33.8 Å². The molecule has 3 aliphatic rings. The maximum absolute atomic E-state index is 14.2. The molecule has 2 N–H and O–H groups in total.